The van der Waals surface area contributed by atoms with E-state index in [1.807, 2.05) is 23.7 Å². The van der Waals surface area contributed by atoms with Crippen molar-refractivity contribution in [2.24, 2.45) is 0 Å². The largest absolute Gasteiger partial charge is 0.467 e. The standard InChI is InChI=1S/C19H22N4O2/c1-12-17-18(21-14-6-3-4-7-14)16(13(2)24)10-20-19(17)23(22-12)11-15-8-5-9-25-15/h5,8-10,14H,3-4,6-7,11H2,1-2H3,(H,20,21). The Morgan fingerprint density at radius 2 is 2.20 bits per heavy atom. The summed E-state index contributed by atoms with van der Waals surface area (Å²) >= 11 is 0. The monoisotopic (exact) mass is 338 g/mol. The third-order valence-corrected chi connectivity index (χ3v) is 4.90. The van der Waals surface area contributed by atoms with Crippen molar-refractivity contribution in [3.63, 3.8) is 0 Å². The number of aryl methyl sites for hydroxylation is 1. The molecule has 0 radical (unpaired) electrons. The molecule has 0 saturated heterocycles. The van der Waals surface area contributed by atoms with Gasteiger partial charge in [-0.3, -0.25) is 4.79 Å². The maximum Gasteiger partial charge on any atom is 0.163 e. The zero-order valence-electron chi connectivity index (χ0n) is 14.6. The second-order valence-corrected chi connectivity index (χ2v) is 6.75. The van der Waals surface area contributed by atoms with Gasteiger partial charge < -0.3 is 9.73 Å². The van der Waals surface area contributed by atoms with E-state index >= 15 is 0 Å². The Balaban J connectivity index is 1.82. The van der Waals surface area contributed by atoms with Gasteiger partial charge in [0.2, 0.25) is 0 Å². The molecule has 0 bridgehead atoms. The van der Waals surface area contributed by atoms with Gasteiger partial charge >= 0.3 is 0 Å². The highest BCUT2D eigenvalue weighted by Gasteiger charge is 2.23. The van der Waals surface area contributed by atoms with Crippen LogP contribution >= 0.6 is 0 Å². The van der Waals surface area contributed by atoms with Crippen LogP contribution in [0.5, 0.6) is 0 Å². The molecular formula is C19H22N4O2. The molecule has 1 aliphatic rings. The number of carbonyl (C=O) groups is 1. The molecule has 3 aromatic rings. The molecule has 130 valence electrons. The van der Waals surface area contributed by atoms with Crippen molar-refractivity contribution in [1.29, 1.82) is 0 Å². The molecule has 6 heteroatoms. The maximum absolute atomic E-state index is 12.1. The van der Waals surface area contributed by atoms with Crippen molar-refractivity contribution in [2.75, 3.05) is 5.32 Å². The minimum absolute atomic E-state index is 0.0214. The summed E-state index contributed by atoms with van der Waals surface area (Å²) in [6.07, 6.45) is 8.07. The van der Waals surface area contributed by atoms with Gasteiger partial charge in [-0.25, -0.2) is 9.67 Å². The molecule has 1 fully saturated rings. The van der Waals surface area contributed by atoms with Crippen molar-refractivity contribution in [2.45, 2.75) is 52.1 Å². The number of furan rings is 1. The van der Waals surface area contributed by atoms with E-state index in [-0.39, 0.29) is 5.78 Å². The van der Waals surface area contributed by atoms with Crippen molar-refractivity contribution >= 4 is 22.5 Å². The number of aromatic nitrogens is 3. The molecule has 1 N–H and O–H groups in total. The van der Waals surface area contributed by atoms with Gasteiger partial charge in [0.15, 0.2) is 11.4 Å². The third-order valence-electron chi connectivity index (χ3n) is 4.90. The van der Waals surface area contributed by atoms with Gasteiger partial charge in [0.05, 0.1) is 28.6 Å². The summed E-state index contributed by atoms with van der Waals surface area (Å²) in [5, 5.41) is 9.19. The van der Waals surface area contributed by atoms with Crippen LogP contribution in [0.2, 0.25) is 0 Å². The summed E-state index contributed by atoms with van der Waals surface area (Å²) in [5.74, 6) is 0.847. The quantitative estimate of drug-likeness (QED) is 0.713. The van der Waals surface area contributed by atoms with Crippen LogP contribution in [-0.4, -0.2) is 26.6 Å². The van der Waals surface area contributed by atoms with Crippen molar-refractivity contribution in [3.05, 3.63) is 41.6 Å². The van der Waals surface area contributed by atoms with Gasteiger partial charge in [0, 0.05) is 12.2 Å². The lowest BCUT2D eigenvalue weighted by atomic mass is 10.1. The molecule has 25 heavy (non-hydrogen) atoms. The van der Waals surface area contributed by atoms with E-state index in [1.165, 1.54) is 12.8 Å². The molecule has 3 heterocycles. The number of fused-ring (bicyclic) bond motifs is 1. The minimum Gasteiger partial charge on any atom is -0.467 e. The van der Waals surface area contributed by atoms with Crippen LogP contribution in [-0.2, 0) is 6.54 Å². The zero-order chi connectivity index (χ0) is 17.4. The lowest BCUT2D eigenvalue weighted by Crippen LogP contribution is -2.17. The van der Waals surface area contributed by atoms with Gasteiger partial charge in [0.1, 0.15) is 12.3 Å². The number of anilines is 1. The van der Waals surface area contributed by atoms with E-state index in [0.29, 0.717) is 18.2 Å². The Hall–Kier alpha value is -2.63. The molecule has 4 rings (SSSR count). The molecule has 1 saturated carbocycles. The summed E-state index contributed by atoms with van der Waals surface area (Å²) in [6.45, 7) is 4.07. The molecule has 0 amide bonds. The molecular weight excluding hydrogens is 316 g/mol. The van der Waals surface area contributed by atoms with Crippen LogP contribution in [0.4, 0.5) is 5.69 Å². The number of hydrogen-bond acceptors (Lipinski definition) is 5. The summed E-state index contributed by atoms with van der Waals surface area (Å²) in [7, 11) is 0. The highest BCUT2D eigenvalue weighted by molar-refractivity contribution is 6.07. The molecule has 0 spiro atoms. The van der Waals surface area contributed by atoms with Crippen molar-refractivity contribution in [3.8, 4) is 0 Å². The molecule has 0 atom stereocenters. The van der Waals surface area contributed by atoms with Crippen LogP contribution in [0, 0.1) is 6.92 Å². The molecule has 0 aromatic carbocycles. The first-order chi connectivity index (χ1) is 12.1. The van der Waals surface area contributed by atoms with Gasteiger partial charge in [-0.05, 0) is 38.8 Å². The number of nitrogens with zero attached hydrogens (tertiary/aromatic N) is 3. The topological polar surface area (TPSA) is 73.0 Å². The Kier molecular flexibility index (Phi) is 4.03. The number of nitrogens with one attached hydrogen (secondary N) is 1. The minimum atomic E-state index is 0.0214. The summed E-state index contributed by atoms with van der Waals surface area (Å²) in [5.41, 5.74) is 3.17. The normalized spacial score (nSPS) is 15.1. The second-order valence-electron chi connectivity index (χ2n) is 6.75. The Morgan fingerprint density at radius 3 is 2.88 bits per heavy atom. The number of Topliss-reactive ketones (excluding diaryl/α,β-unsaturated/α-hetero) is 1. The van der Waals surface area contributed by atoms with Crippen LogP contribution < -0.4 is 5.32 Å². The van der Waals surface area contributed by atoms with Gasteiger partial charge in [0.25, 0.3) is 0 Å². The van der Waals surface area contributed by atoms with Gasteiger partial charge in [-0.2, -0.15) is 5.10 Å². The highest BCUT2D eigenvalue weighted by Crippen LogP contribution is 2.32. The first-order valence-electron chi connectivity index (χ1n) is 8.79. The van der Waals surface area contributed by atoms with E-state index < -0.39 is 0 Å². The Bertz CT molecular complexity index is 905. The first kappa shape index (κ1) is 15.9. The predicted molar refractivity (Wildman–Crippen MR) is 96.0 cm³/mol. The highest BCUT2D eigenvalue weighted by atomic mass is 16.3. The van der Waals surface area contributed by atoms with Crippen LogP contribution in [0.15, 0.2) is 29.0 Å². The Morgan fingerprint density at radius 1 is 1.40 bits per heavy atom. The SMILES string of the molecule is CC(=O)c1cnc2c(c(C)nn2Cc2ccco2)c1NC1CCCC1. The summed E-state index contributed by atoms with van der Waals surface area (Å²) in [6, 6.07) is 4.20. The number of hydrogen-bond donors (Lipinski definition) is 1. The van der Waals surface area contributed by atoms with E-state index in [9.17, 15) is 4.79 Å². The van der Waals surface area contributed by atoms with E-state index in [0.717, 1.165) is 41.0 Å². The van der Waals surface area contributed by atoms with Crippen LogP contribution in [0.3, 0.4) is 0 Å². The lowest BCUT2D eigenvalue weighted by Gasteiger charge is -2.17. The average molecular weight is 338 g/mol. The molecule has 3 aromatic heterocycles. The molecule has 6 nitrogen and oxygen atoms in total. The Labute approximate surface area is 146 Å². The van der Waals surface area contributed by atoms with Crippen LogP contribution in [0.1, 0.15) is 54.4 Å². The molecule has 1 aliphatic carbocycles. The van der Waals surface area contributed by atoms with Gasteiger partial charge in [-0.15, -0.1) is 0 Å². The maximum atomic E-state index is 12.1. The lowest BCUT2D eigenvalue weighted by molar-refractivity contribution is 0.101. The fourth-order valence-electron chi connectivity index (χ4n) is 3.67. The van der Waals surface area contributed by atoms with E-state index in [4.69, 9.17) is 4.42 Å². The first-order valence-corrected chi connectivity index (χ1v) is 8.79. The average Bonchev–Trinajstić information content (AvgIpc) is 3.31. The number of rotatable bonds is 5. The smallest absolute Gasteiger partial charge is 0.163 e. The van der Waals surface area contributed by atoms with Crippen molar-refractivity contribution in [1.82, 2.24) is 14.8 Å². The van der Waals surface area contributed by atoms with E-state index in [2.05, 4.69) is 15.4 Å². The fourth-order valence-corrected chi connectivity index (χ4v) is 3.67. The van der Waals surface area contributed by atoms with Crippen LogP contribution in [0.25, 0.3) is 11.0 Å². The summed E-state index contributed by atoms with van der Waals surface area (Å²) in [4.78, 5) is 16.7. The van der Waals surface area contributed by atoms with Crippen molar-refractivity contribution < 1.29 is 9.21 Å². The third kappa shape index (κ3) is 2.92. The number of carbonyl (C=O) groups excluding carboxylic acids is 1. The second kappa shape index (κ2) is 6.35. The fraction of sp³-hybridized carbons (Fsp3) is 0.421. The van der Waals surface area contributed by atoms with E-state index in [1.54, 1.807) is 19.4 Å². The summed E-state index contributed by atoms with van der Waals surface area (Å²) < 4.78 is 7.28. The number of ketones is 1. The zero-order valence-corrected chi connectivity index (χ0v) is 14.6. The molecule has 0 aliphatic heterocycles. The predicted octanol–water partition coefficient (Wildman–Crippen LogP) is 3.94. The van der Waals surface area contributed by atoms with Gasteiger partial charge in [-0.1, -0.05) is 12.8 Å². The number of pyridine rings is 1. The molecule has 0 unspecified atom stereocenters.